The molecule has 6 nitrogen and oxygen atoms in total. The van der Waals surface area contributed by atoms with Crippen molar-refractivity contribution >= 4 is 11.7 Å². The molecule has 3 aromatic rings. The molecule has 3 rings (SSSR count). The summed E-state index contributed by atoms with van der Waals surface area (Å²) in [5.41, 5.74) is 1.60. The zero-order valence-corrected chi connectivity index (χ0v) is 14.0. The van der Waals surface area contributed by atoms with Crippen molar-refractivity contribution < 1.29 is 9.32 Å². The quantitative estimate of drug-likeness (QED) is 0.714. The Bertz CT molecular complexity index is 803. The normalized spacial score (nSPS) is 11.7. The van der Waals surface area contributed by atoms with Gasteiger partial charge in [0.25, 0.3) is 0 Å². The Balaban J connectivity index is 1.80. The number of nitrogens with one attached hydrogen (secondary N) is 2. The summed E-state index contributed by atoms with van der Waals surface area (Å²) in [6, 6.07) is 18.0. The number of nitrogens with zero attached hydrogens (tertiary/aromatic N) is 2. The molecule has 0 aliphatic rings. The topological polar surface area (TPSA) is 80.0 Å². The molecule has 0 aliphatic carbocycles. The van der Waals surface area contributed by atoms with Crippen LogP contribution < -0.4 is 10.6 Å². The van der Waals surface area contributed by atoms with Crippen LogP contribution in [0.25, 0.3) is 0 Å². The van der Waals surface area contributed by atoms with Gasteiger partial charge in [-0.3, -0.25) is 0 Å². The number of aryl methyl sites for hydroxylation is 1. The third-order valence-corrected chi connectivity index (χ3v) is 3.65. The molecule has 1 atom stereocenters. The first-order chi connectivity index (χ1) is 12.3. The summed E-state index contributed by atoms with van der Waals surface area (Å²) in [5, 5.41) is 9.77. The zero-order valence-electron chi connectivity index (χ0n) is 14.0. The van der Waals surface area contributed by atoms with Gasteiger partial charge in [-0.15, -0.1) is 0 Å². The fourth-order valence-corrected chi connectivity index (χ4v) is 2.46. The maximum Gasteiger partial charge on any atom is 0.320 e. The molecule has 0 fully saturated rings. The summed E-state index contributed by atoms with van der Waals surface area (Å²) in [6.45, 7) is 2.05. The Morgan fingerprint density at radius 3 is 2.44 bits per heavy atom. The lowest BCUT2D eigenvalue weighted by atomic mass is 10.1. The number of amides is 2. The Hall–Kier alpha value is -3.15. The molecule has 0 saturated heterocycles. The van der Waals surface area contributed by atoms with Crippen LogP contribution in [0.4, 0.5) is 10.5 Å². The molecule has 1 aromatic heterocycles. The second-order valence-corrected chi connectivity index (χ2v) is 5.60. The number of aromatic nitrogens is 2. The lowest BCUT2D eigenvalue weighted by molar-refractivity contribution is 0.249. The van der Waals surface area contributed by atoms with E-state index in [-0.39, 0.29) is 6.03 Å². The van der Waals surface area contributed by atoms with Gasteiger partial charge < -0.3 is 15.2 Å². The molecular weight excluding hydrogens is 316 g/mol. The van der Waals surface area contributed by atoms with Crippen LogP contribution in [0.15, 0.2) is 65.2 Å². The first-order valence-corrected chi connectivity index (χ1v) is 8.26. The molecule has 2 aromatic carbocycles. The molecule has 6 heteroatoms. The van der Waals surface area contributed by atoms with E-state index in [1.807, 2.05) is 67.6 Å². The number of anilines is 1. The number of para-hydroxylation sites is 1. The second kappa shape index (κ2) is 8.10. The van der Waals surface area contributed by atoms with E-state index >= 15 is 0 Å². The largest absolute Gasteiger partial charge is 0.339 e. The third kappa shape index (κ3) is 4.44. The molecule has 0 bridgehead atoms. The molecule has 0 saturated carbocycles. The summed E-state index contributed by atoms with van der Waals surface area (Å²) in [5.74, 6) is 1.02. The van der Waals surface area contributed by atoms with Crippen LogP contribution in [-0.4, -0.2) is 16.2 Å². The summed E-state index contributed by atoms with van der Waals surface area (Å²) in [7, 11) is 0. The molecule has 2 amide bonds. The summed E-state index contributed by atoms with van der Waals surface area (Å²) in [4.78, 5) is 16.8. The van der Waals surface area contributed by atoms with E-state index < -0.39 is 6.04 Å². The summed E-state index contributed by atoms with van der Waals surface area (Å²) >= 11 is 0. The van der Waals surface area contributed by atoms with Gasteiger partial charge >= 0.3 is 6.03 Å². The molecule has 0 radical (unpaired) electrons. The molecule has 128 valence electrons. The average molecular weight is 336 g/mol. The number of carbonyl (C=O) groups excluding carboxylic acids is 1. The Labute approximate surface area is 146 Å². The van der Waals surface area contributed by atoms with E-state index in [1.54, 1.807) is 0 Å². The smallest absolute Gasteiger partial charge is 0.320 e. The van der Waals surface area contributed by atoms with Crippen LogP contribution in [-0.2, 0) is 6.42 Å². The molecule has 25 heavy (non-hydrogen) atoms. The predicted octanol–water partition coefficient (Wildman–Crippen LogP) is 3.93. The van der Waals surface area contributed by atoms with E-state index in [0.29, 0.717) is 23.8 Å². The van der Waals surface area contributed by atoms with Gasteiger partial charge in [0.2, 0.25) is 5.89 Å². The molecule has 2 N–H and O–H groups in total. The van der Waals surface area contributed by atoms with Crippen molar-refractivity contribution in [2.45, 2.75) is 25.8 Å². The number of benzene rings is 2. The van der Waals surface area contributed by atoms with Gasteiger partial charge in [-0.1, -0.05) is 60.6 Å². The van der Waals surface area contributed by atoms with Gasteiger partial charge in [-0.2, -0.15) is 4.98 Å². The maximum absolute atomic E-state index is 12.4. The van der Waals surface area contributed by atoms with Crippen molar-refractivity contribution in [2.24, 2.45) is 0 Å². The van der Waals surface area contributed by atoms with E-state index in [1.165, 1.54) is 0 Å². The van der Waals surface area contributed by atoms with Gasteiger partial charge in [0.05, 0.1) is 0 Å². The number of hydrogen-bond donors (Lipinski definition) is 2. The van der Waals surface area contributed by atoms with Crippen LogP contribution in [0, 0.1) is 0 Å². The minimum absolute atomic E-state index is 0.332. The van der Waals surface area contributed by atoms with Gasteiger partial charge in [0.15, 0.2) is 5.82 Å². The SMILES string of the molecule is CCCc1nc([C@@H](NC(=O)Nc2ccccc2)c2ccccc2)no1. The van der Waals surface area contributed by atoms with Gasteiger partial charge in [0, 0.05) is 12.1 Å². The zero-order chi connectivity index (χ0) is 17.5. The number of urea groups is 1. The highest BCUT2D eigenvalue weighted by molar-refractivity contribution is 5.89. The first kappa shape index (κ1) is 16.7. The minimum Gasteiger partial charge on any atom is -0.339 e. The standard InChI is InChI=1S/C19H20N4O2/c1-2-9-16-21-18(23-25-16)17(14-10-5-3-6-11-14)22-19(24)20-15-12-7-4-8-13-15/h3-8,10-13,17H,2,9H2,1H3,(H2,20,22,24)/t17-/m0/s1. The number of carbonyl (C=O) groups is 1. The lowest BCUT2D eigenvalue weighted by Gasteiger charge is -2.16. The van der Waals surface area contributed by atoms with Crippen molar-refractivity contribution in [3.05, 3.63) is 77.9 Å². The molecular formula is C19H20N4O2. The highest BCUT2D eigenvalue weighted by Crippen LogP contribution is 2.20. The van der Waals surface area contributed by atoms with Crippen molar-refractivity contribution in [1.82, 2.24) is 15.5 Å². The average Bonchev–Trinajstić information content (AvgIpc) is 3.10. The minimum atomic E-state index is -0.487. The number of rotatable bonds is 6. The molecule has 1 heterocycles. The van der Waals surface area contributed by atoms with E-state index in [2.05, 4.69) is 20.8 Å². The highest BCUT2D eigenvalue weighted by Gasteiger charge is 2.22. The lowest BCUT2D eigenvalue weighted by Crippen LogP contribution is -2.33. The van der Waals surface area contributed by atoms with Gasteiger partial charge in [0.1, 0.15) is 6.04 Å². The third-order valence-electron chi connectivity index (χ3n) is 3.65. The highest BCUT2D eigenvalue weighted by atomic mass is 16.5. The van der Waals surface area contributed by atoms with E-state index in [9.17, 15) is 4.79 Å². The molecule has 0 unspecified atom stereocenters. The van der Waals surface area contributed by atoms with E-state index in [4.69, 9.17) is 4.52 Å². The predicted molar refractivity (Wildman–Crippen MR) is 95.2 cm³/mol. The molecule has 0 spiro atoms. The van der Waals surface area contributed by atoms with Crippen molar-refractivity contribution in [1.29, 1.82) is 0 Å². The van der Waals surface area contributed by atoms with Crippen LogP contribution in [0.3, 0.4) is 0 Å². The van der Waals surface area contributed by atoms with Crippen LogP contribution in [0.2, 0.25) is 0 Å². The van der Waals surface area contributed by atoms with Crippen LogP contribution >= 0.6 is 0 Å². The Morgan fingerprint density at radius 2 is 1.76 bits per heavy atom. The Kier molecular flexibility index (Phi) is 5.41. The first-order valence-electron chi connectivity index (χ1n) is 8.26. The monoisotopic (exact) mass is 336 g/mol. The van der Waals surface area contributed by atoms with E-state index in [0.717, 1.165) is 12.0 Å². The van der Waals surface area contributed by atoms with Gasteiger partial charge in [-0.25, -0.2) is 4.79 Å². The second-order valence-electron chi connectivity index (χ2n) is 5.60. The molecule has 0 aliphatic heterocycles. The summed E-state index contributed by atoms with van der Waals surface area (Å²) < 4.78 is 5.27. The number of hydrogen-bond acceptors (Lipinski definition) is 4. The van der Waals surface area contributed by atoms with Crippen molar-refractivity contribution in [2.75, 3.05) is 5.32 Å². The fourth-order valence-electron chi connectivity index (χ4n) is 2.46. The van der Waals surface area contributed by atoms with Gasteiger partial charge in [-0.05, 0) is 24.1 Å². The van der Waals surface area contributed by atoms with Crippen LogP contribution in [0.5, 0.6) is 0 Å². The summed E-state index contributed by atoms with van der Waals surface area (Å²) in [6.07, 6.45) is 1.63. The maximum atomic E-state index is 12.4. The fraction of sp³-hybridized carbons (Fsp3) is 0.211. The van der Waals surface area contributed by atoms with Crippen molar-refractivity contribution in [3.63, 3.8) is 0 Å². The Morgan fingerprint density at radius 1 is 1.08 bits per heavy atom. The van der Waals surface area contributed by atoms with Crippen LogP contribution in [0.1, 0.15) is 36.7 Å². The van der Waals surface area contributed by atoms with Crippen molar-refractivity contribution in [3.8, 4) is 0 Å².